The number of esters is 1. The van der Waals surface area contributed by atoms with E-state index in [0.29, 0.717) is 5.92 Å². The molecule has 4 nitrogen and oxygen atoms in total. The van der Waals surface area contributed by atoms with E-state index in [1.54, 1.807) is 0 Å². The van der Waals surface area contributed by atoms with Crippen molar-refractivity contribution >= 4 is 5.97 Å². The van der Waals surface area contributed by atoms with Crippen LogP contribution < -0.4 is 0 Å². The first-order chi connectivity index (χ1) is 7.63. The molecule has 1 saturated heterocycles. The molecule has 0 amide bonds. The zero-order chi connectivity index (χ0) is 12.0. The molecule has 94 valence electrons. The second-order valence-corrected chi connectivity index (χ2v) is 4.78. The molecule has 0 aromatic rings. The highest BCUT2D eigenvalue weighted by Gasteiger charge is 2.28. The Labute approximate surface area is 97.9 Å². The van der Waals surface area contributed by atoms with Crippen LogP contribution in [0.15, 0.2) is 0 Å². The Morgan fingerprint density at radius 1 is 1.50 bits per heavy atom. The molecule has 1 fully saturated rings. The lowest BCUT2D eigenvalue weighted by Crippen LogP contribution is -2.27. The van der Waals surface area contributed by atoms with Gasteiger partial charge in [0.05, 0.1) is 19.6 Å². The molecule has 0 bridgehead atoms. The molecule has 1 heterocycles. The van der Waals surface area contributed by atoms with E-state index < -0.39 is 0 Å². The summed E-state index contributed by atoms with van der Waals surface area (Å²) in [6.07, 6.45) is 0.914. The van der Waals surface area contributed by atoms with E-state index in [1.807, 2.05) is 0 Å². The zero-order valence-corrected chi connectivity index (χ0v) is 10.6. The van der Waals surface area contributed by atoms with Crippen molar-refractivity contribution in [3.63, 3.8) is 0 Å². The molecule has 1 unspecified atom stereocenters. The van der Waals surface area contributed by atoms with Crippen LogP contribution in [-0.4, -0.2) is 50.8 Å². The van der Waals surface area contributed by atoms with Crippen LogP contribution in [0, 0.1) is 11.8 Å². The minimum absolute atomic E-state index is 0.0649. The van der Waals surface area contributed by atoms with Crippen molar-refractivity contribution in [3.05, 3.63) is 0 Å². The van der Waals surface area contributed by atoms with Crippen molar-refractivity contribution in [2.24, 2.45) is 11.8 Å². The minimum Gasteiger partial charge on any atom is -0.469 e. The molecule has 0 spiro atoms. The van der Waals surface area contributed by atoms with Gasteiger partial charge >= 0.3 is 5.97 Å². The van der Waals surface area contributed by atoms with Gasteiger partial charge in [0.15, 0.2) is 0 Å². The summed E-state index contributed by atoms with van der Waals surface area (Å²) < 4.78 is 10.3. The summed E-state index contributed by atoms with van der Waals surface area (Å²) in [6.45, 7) is 8.56. The highest BCUT2D eigenvalue weighted by Crippen LogP contribution is 2.16. The van der Waals surface area contributed by atoms with E-state index in [1.165, 1.54) is 7.11 Å². The van der Waals surface area contributed by atoms with E-state index in [9.17, 15) is 4.79 Å². The number of rotatable bonds is 6. The number of ether oxygens (including phenoxy) is 2. The predicted octanol–water partition coefficient (Wildman–Crippen LogP) is 1.15. The molecule has 0 N–H and O–H groups in total. The normalized spacial score (nSPS) is 21.6. The van der Waals surface area contributed by atoms with Crippen LogP contribution in [0.25, 0.3) is 0 Å². The summed E-state index contributed by atoms with van der Waals surface area (Å²) in [5.74, 6) is 0.571. The van der Waals surface area contributed by atoms with Crippen molar-refractivity contribution in [2.45, 2.75) is 20.3 Å². The second-order valence-electron chi connectivity index (χ2n) is 4.78. The van der Waals surface area contributed by atoms with E-state index in [0.717, 1.165) is 39.3 Å². The van der Waals surface area contributed by atoms with E-state index in [2.05, 4.69) is 18.7 Å². The van der Waals surface area contributed by atoms with Crippen molar-refractivity contribution in [3.8, 4) is 0 Å². The third kappa shape index (κ3) is 4.49. The molecule has 0 aromatic heterocycles. The van der Waals surface area contributed by atoms with Crippen LogP contribution in [0.3, 0.4) is 0 Å². The molecule has 4 heteroatoms. The zero-order valence-electron chi connectivity index (χ0n) is 10.6. The number of likely N-dealkylation sites (tertiary alicyclic amines) is 1. The Morgan fingerprint density at radius 3 is 2.88 bits per heavy atom. The van der Waals surface area contributed by atoms with Gasteiger partial charge in [-0.2, -0.15) is 0 Å². The van der Waals surface area contributed by atoms with Gasteiger partial charge in [-0.25, -0.2) is 0 Å². The smallest absolute Gasteiger partial charge is 0.310 e. The molecule has 0 aliphatic carbocycles. The van der Waals surface area contributed by atoms with Gasteiger partial charge in [-0.05, 0) is 18.9 Å². The first kappa shape index (κ1) is 13.5. The second kappa shape index (κ2) is 6.86. The highest BCUT2D eigenvalue weighted by atomic mass is 16.5. The number of methoxy groups -OCH3 is 1. The molecule has 1 aliphatic heterocycles. The third-order valence-corrected chi connectivity index (χ3v) is 2.81. The van der Waals surface area contributed by atoms with Crippen LogP contribution >= 0.6 is 0 Å². The average molecular weight is 229 g/mol. The highest BCUT2D eigenvalue weighted by molar-refractivity contribution is 5.72. The first-order valence-corrected chi connectivity index (χ1v) is 6.01. The predicted molar refractivity (Wildman–Crippen MR) is 62.2 cm³/mol. The van der Waals surface area contributed by atoms with Gasteiger partial charge in [0.2, 0.25) is 0 Å². The van der Waals surface area contributed by atoms with Crippen molar-refractivity contribution in [1.82, 2.24) is 4.90 Å². The largest absolute Gasteiger partial charge is 0.469 e. The van der Waals surface area contributed by atoms with Gasteiger partial charge in [-0.15, -0.1) is 0 Å². The number of hydrogen-bond donors (Lipinski definition) is 0. The van der Waals surface area contributed by atoms with Crippen LogP contribution in [0.4, 0.5) is 0 Å². The molecule has 1 rings (SSSR count). The topological polar surface area (TPSA) is 38.8 Å². The SMILES string of the molecule is COC(=O)C1CCN(CCOCC(C)C)C1. The minimum atomic E-state index is -0.0781. The number of carbonyl (C=O) groups is 1. The molecule has 0 radical (unpaired) electrons. The fourth-order valence-electron chi connectivity index (χ4n) is 1.91. The lowest BCUT2D eigenvalue weighted by Gasteiger charge is -2.15. The van der Waals surface area contributed by atoms with Crippen LogP contribution in [0.5, 0.6) is 0 Å². The molecule has 1 aliphatic rings. The van der Waals surface area contributed by atoms with Crippen LogP contribution in [0.2, 0.25) is 0 Å². The van der Waals surface area contributed by atoms with E-state index in [4.69, 9.17) is 9.47 Å². The van der Waals surface area contributed by atoms with E-state index >= 15 is 0 Å². The van der Waals surface area contributed by atoms with Crippen molar-refractivity contribution in [2.75, 3.05) is 40.0 Å². The summed E-state index contributed by atoms with van der Waals surface area (Å²) in [7, 11) is 1.46. The maximum Gasteiger partial charge on any atom is 0.310 e. The number of carbonyl (C=O) groups excluding carboxylic acids is 1. The maximum atomic E-state index is 11.3. The summed E-state index contributed by atoms with van der Waals surface area (Å²) >= 11 is 0. The summed E-state index contributed by atoms with van der Waals surface area (Å²) in [5, 5.41) is 0. The maximum absolute atomic E-state index is 11.3. The lowest BCUT2D eigenvalue weighted by atomic mass is 10.1. The van der Waals surface area contributed by atoms with Gasteiger partial charge in [0.25, 0.3) is 0 Å². The third-order valence-electron chi connectivity index (χ3n) is 2.81. The Bertz CT molecular complexity index is 218. The van der Waals surface area contributed by atoms with Gasteiger partial charge in [-0.3, -0.25) is 4.79 Å². The van der Waals surface area contributed by atoms with Gasteiger partial charge in [0.1, 0.15) is 0 Å². The van der Waals surface area contributed by atoms with Gasteiger partial charge in [0, 0.05) is 19.7 Å². The average Bonchev–Trinajstić information content (AvgIpc) is 2.71. The van der Waals surface area contributed by atoms with Crippen molar-refractivity contribution < 1.29 is 14.3 Å². The Kier molecular flexibility index (Phi) is 5.77. The number of hydrogen-bond acceptors (Lipinski definition) is 4. The molecule has 0 aromatic carbocycles. The molecule has 1 atom stereocenters. The Morgan fingerprint density at radius 2 is 2.25 bits per heavy atom. The quantitative estimate of drug-likeness (QED) is 0.506. The fraction of sp³-hybridized carbons (Fsp3) is 0.917. The molecule has 0 saturated carbocycles. The van der Waals surface area contributed by atoms with E-state index in [-0.39, 0.29) is 11.9 Å². The van der Waals surface area contributed by atoms with Crippen molar-refractivity contribution in [1.29, 1.82) is 0 Å². The van der Waals surface area contributed by atoms with Gasteiger partial charge < -0.3 is 14.4 Å². The van der Waals surface area contributed by atoms with Crippen LogP contribution in [0.1, 0.15) is 20.3 Å². The van der Waals surface area contributed by atoms with Crippen LogP contribution in [-0.2, 0) is 14.3 Å². The summed E-state index contributed by atoms with van der Waals surface area (Å²) in [5.41, 5.74) is 0. The fourth-order valence-corrected chi connectivity index (χ4v) is 1.91. The first-order valence-electron chi connectivity index (χ1n) is 6.01. The molecular formula is C12H23NO3. The monoisotopic (exact) mass is 229 g/mol. The molecular weight excluding hydrogens is 206 g/mol. The summed E-state index contributed by atoms with van der Waals surface area (Å²) in [4.78, 5) is 13.6. The van der Waals surface area contributed by atoms with Gasteiger partial charge in [-0.1, -0.05) is 13.8 Å². The standard InChI is InChI=1S/C12H23NO3/c1-10(2)9-16-7-6-13-5-4-11(8-13)12(14)15-3/h10-11H,4-9H2,1-3H3. The Hall–Kier alpha value is -0.610. The molecule has 16 heavy (non-hydrogen) atoms. The summed E-state index contributed by atoms with van der Waals surface area (Å²) in [6, 6.07) is 0. The lowest BCUT2D eigenvalue weighted by molar-refractivity contribution is -0.144. The number of nitrogens with zero attached hydrogens (tertiary/aromatic N) is 1. The Balaban J connectivity index is 2.10.